The summed E-state index contributed by atoms with van der Waals surface area (Å²) in [6, 6.07) is 0. The predicted molar refractivity (Wildman–Crippen MR) is 78.3 cm³/mol. The summed E-state index contributed by atoms with van der Waals surface area (Å²) in [5, 5.41) is 9.06. The molecule has 0 bridgehead atoms. The Kier molecular flexibility index (Phi) is 11.4. The van der Waals surface area contributed by atoms with Gasteiger partial charge in [-0.05, 0) is 28.2 Å². The van der Waals surface area contributed by atoms with Crippen LogP contribution in [0.5, 0.6) is 0 Å². The van der Waals surface area contributed by atoms with E-state index < -0.39 is 6.09 Å². The summed E-state index contributed by atoms with van der Waals surface area (Å²) in [6.45, 7) is 4.47. The van der Waals surface area contributed by atoms with Crippen molar-refractivity contribution >= 4 is 6.09 Å². The molecule has 1 N–H and O–H groups in total. The molecule has 20 heavy (non-hydrogen) atoms. The first-order chi connectivity index (χ1) is 9.43. The van der Waals surface area contributed by atoms with Crippen molar-refractivity contribution in [3.63, 3.8) is 0 Å². The Balaban J connectivity index is 3.64. The summed E-state index contributed by atoms with van der Waals surface area (Å²) in [7, 11) is 7.88. The van der Waals surface area contributed by atoms with Crippen LogP contribution in [0.15, 0.2) is 0 Å². The number of carbonyl (C=O) groups is 1. The van der Waals surface area contributed by atoms with Crippen molar-refractivity contribution < 1.29 is 19.4 Å². The maximum absolute atomic E-state index is 11.0. The maximum Gasteiger partial charge on any atom is 0.407 e. The van der Waals surface area contributed by atoms with Gasteiger partial charge in [-0.2, -0.15) is 0 Å². The van der Waals surface area contributed by atoms with Crippen molar-refractivity contribution in [2.45, 2.75) is 0 Å². The number of hydrogen-bond acceptors (Lipinski definition) is 5. The molecule has 120 valence electrons. The molecule has 0 unspecified atom stereocenters. The van der Waals surface area contributed by atoms with Gasteiger partial charge in [0.25, 0.3) is 0 Å². The van der Waals surface area contributed by atoms with E-state index in [2.05, 4.69) is 0 Å². The summed E-state index contributed by atoms with van der Waals surface area (Å²) in [6.07, 6.45) is -0.933. The van der Waals surface area contributed by atoms with E-state index in [9.17, 15) is 4.79 Å². The quantitative estimate of drug-likeness (QED) is 0.515. The third-order valence-corrected chi connectivity index (χ3v) is 2.65. The molecular formula is C13H29N3O4. The first-order valence-electron chi connectivity index (χ1n) is 6.86. The minimum Gasteiger partial charge on any atom is -0.465 e. The van der Waals surface area contributed by atoms with E-state index in [-0.39, 0.29) is 0 Å². The van der Waals surface area contributed by atoms with Crippen molar-refractivity contribution in [2.75, 3.05) is 80.8 Å². The van der Waals surface area contributed by atoms with Crippen molar-refractivity contribution in [3.05, 3.63) is 0 Å². The zero-order chi connectivity index (χ0) is 15.4. The van der Waals surface area contributed by atoms with E-state index in [4.69, 9.17) is 14.6 Å². The van der Waals surface area contributed by atoms with Gasteiger partial charge in [-0.15, -0.1) is 0 Å². The van der Waals surface area contributed by atoms with Gasteiger partial charge in [0.15, 0.2) is 0 Å². The number of rotatable bonds is 12. The van der Waals surface area contributed by atoms with Crippen LogP contribution in [0.1, 0.15) is 0 Å². The number of amides is 1. The highest BCUT2D eigenvalue weighted by atomic mass is 16.5. The fraction of sp³-hybridized carbons (Fsp3) is 0.923. The highest BCUT2D eigenvalue weighted by Crippen LogP contribution is 1.92. The summed E-state index contributed by atoms with van der Waals surface area (Å²) in [5.74, 6) is 0. The molecule has 0 aliphatic rings. The Morgan fingerprint density at radius 3 is 1.45 bits per heavy atom. The van der Waals surface area contributed by atoms with E-state index in [1.165, 1.54) is 4.90 Å². The molecule has 0 spiro atoms. The number of nitrogens with zero attached hydrogens (tertiary/aromatic N) is 3. The van der Waals surface area contributed by atoms with Gasteiger partial charge in [0, 0.05) is 26.2 Å². The van der Waals surface area contributed by atoms with E-state index in [0.717, 1.165) is 13.1 Å². The second-order valence-electron chi connectivity index (χ2n) is 5.10. The first kappa shape index (κ1) is 19.1. The van der Waals surface area contributed by atoms with Crippen LogP contribution in [0.2, 0.25) is 0 Å². The van der Waals surface area contributed by atoms with Gasteiger partial charge in [0.1, 0.15) is 0 Å². The molecule has 1 amide bonds. The average Bonchev–Trinajstić information content (AvgIpc) is 2.34. The summed E-state index contributed by atoms with van der Waals surface area (Å²) >= 11 is 0. The standard InChI is InChI=1S/C13H29N3O4/c1-14(2)5-9-19-11-7-16(13(17)18)8-12-20-10-6-15(3)4/h5-12H2,1-4H3,(H,17,18). The molecule has 7 heteroatoms. The largest absolute Gasteiger partial charge is 0.465 e. The minimum absolute atomic E-state index is 0.375. The lowest BCUT2D eigenvalue weighted by molar-refractivity contribution is 0.0632. The van der Waals surface area contributed by atoms with Gasteiger partial charge in [0.2, 0.25) is 0 Å². The lowest BCUT2D eigenvalue weighted by Gasteiger charge is -2.19. The van der Waals surface area contributed by atoms with Crippen LogP contribution in [-0.4, -0.2) is 107 Å². The molecular weight excluding hydrogens is 262 g/mol. The van der Waals surface area contributed by atoms with Gasteiger partial charge in [-0.1, -0.05) is 0 Å². The van der Waals surface area contributed by atoms with Gasteiger partial charge in [-0.3, -0.25) is 0 Å². The molecule has 0 radical (unpaired) electrons. The zero-order valence-electron chi connectivity index (χ0n) is 13.2. The normalized spacial score (nSPS) is 11.3. The Bertz CT molecular complexity index is 232. The van der Waals surface area contributed by atoms with Gasteiger partial charge < -0.3 is 29.3 Å². The summed E-state index contributed by atoms with van der Waals surface area (Å²) in [5.41, 5.74) is 0. The third-order valence-electron chi connectivity index (χ3n) is 2.65. The molecule has 0 aromatic heterocycles. The van der Waals surface area contributed by atoms with Crippen LogP contribution in [0, 0.1) is 0 Å². The van der Waals surface area contributed by atoms with E-state index >= 15 is 0 Å². The zero-order valence-corrected chi connectivity index (χ0v) is 13.2. The number of hydrogen-bond donors (Lipinski definition) is 1. The molecule has 0 atom stereocenters. The Hall–Kier alpha value is -0.890. The van der Waals surface area contributed by atoms with E-state index in [1.807, 2.05) is 38.0 Å². The van der Waals surface area contributed by atoms with Crippen molar-refractivity contribution in [2.24, 2.45) is 0 Å². The molecule has 0 aromatic carbocycles. The van der Waals surface area contributed by atoms with E-state index in [0.29, 0.717) is 39.5 Å². The minimum atomic E-state index is -0.933. The number of carboxylic acid groups (broad SMARTS) is 1. The van der Waals surface area contributed by atoms with Gasteiger partial charge >= 0.3 is 6.09 Å². The lowest BCUT2D eigenvalue weighted by Crippen LogP contribution is -2.36. The SMILES string of the molecule is CN(C)CCOCCN(CCOCCN(C)C)C(=O)O. The Morgan fingerprint density at radius 2 is 1.15 bits per heavy atom. The highest BCUT2D eigenvalue weighted by Gasteiger charge is 2.10. The second kappa shape index (κ2) is 11.9. The summed E-state index contributed by atoms with van der Waals surface area (Å²) < 4.78 is 10.8. The van der Waals surface area contributed by atoms with Crippen molar-refractivity contribution in [3.8, 4) is 0 Å². The lowest BCUT2D eigenvalue weighted by atomic mass is 10.5. The monoisotopic (exact) mass is 291 g/mol. The second-order valence-corrected chi connectivity index (χ2v) is 5.10. The predicted octanol–water partition coefficient (Wildman–Crippen LogP) is 0.123. The fourth-order valence-electron chi connectivity index (χ4n) is 1.35. The molecule has 0 saturated heterocycles. The van der Waals surface area contributed by atoms with Crippen LogP contribution in [0.3, 0.4) is 0 Å². The fourth-order valence-corrected chi connectivity index (χ4v) is 1.35. The molecule has 7 nitrogen and oxygen atoms in total. The van der Waals surface area contributed by atoms with Gasteiger partial charge in [0.05, 0.1) is 26.4 Å². The van der Waals surface area contributed by atoms with E-state index in [1.54, 1.807) is 0 Å². The molecule has 0 saturated carbocycles. The smallest absolute Gasteiger partial charge is 0.407 e. The number of likely N-dealkylation sites (N-methyl/N-ethyl adjacent to an activating group) is 2. The molecule has 0 aromatic rings. The molecule has 0 aliphatic heterocycles. The third kappa shape index (κ3) is 12.2. The maximum atomic E-state index is 11.0. The highest BCUT2D eigenvalue weighted by molar-refractivity contribution is 5.64. The van der Waals surface area contributed by atoms with Gasteiger partial charge in [-0.25, -0.2) is 4.79 Å². The first-order valence-corrected chi connectivity index (χ1v) is 6.86. The van der Waals surface area contributed by atoms with Crippen LogP contribution in [0.25, 0.3) is 0 Å². The van der Waals surface area contributed by atoms with Crippen LogP contribution >= 0.6 is 0 Å². The topological polar surface area (TPSA) is 65.5 Å². The Morgan fingerprint density at radius 1 is 0.800 bits per heavy atom. The average molecular weight is 291 g/mol. The molecule has 0 heterocycles. The van der Waals surface area contributed by atoms with Crippen LogP contribution in [-0.2, 0) is 9.47 Å². The van der Waals surface area contributed by atoms with Crippen molar-refractivity contribution in [1.82, 2.24) is 14.7 Å². The number of ether oxygens (including phenoxy) is 2. The molecule has 0 fully saturated rings. The van der Waals surface area contributed by atoms with Crippen molar-refractivity contribution in [1.29, 1.82) is 0 Å². The van der Waals surface area contributed by atoms with Crippen LogP contribution < -0.4 is 0 Å². The molecule has 0 aliphatic carbocycles. The Labute approximate surface area is 122 Å². The van der Waals surface area contributed by atoms with Crippen LogP contribution in [0.4, 0.5) is 4.79 Å². The molecule has 0 rings (SSSR count). The summed E-state index contributed by atoms with van der Waals surface area (Å²) in [4.78, 5) is 16.4.